The smallest absolute Gasteiger partial charge is 0.0484 e. The molecule has 1 aliphatic carbocycles. The van der Waals surface area contributed by atoms with Crippen molar-refractivity contribution >= 4 is 0 Å². The third kappa shape index (κ3) is 1.03. The SMILES string of the molecule is CC(C)(CO)C1CC1. The predicted molar refractivity (Wildman–Crippen MR) is 33.6 cm³/mol. The van der Waals surface area contributed by atoms with Gasteiger partial charge in [0.2, 0.25) is 0 Å². The monoisotopic (exact) mass is 114 g/mol. The summed E-state index contributed by atoms with van der Waals surface area (Å²) in [6, 6.07) is 0. The van der Waals surface area contributed by atoms with E-state index in [1.165, 1.54) is 12.8 Å². The fourth-order valence-corrected chi connectivity index (χ4v) is 0.994. The minimum atomic E-state index is 0.208. The lowest BCUT2D eigenvalue weighted by Crippen LogP contribution is -2.18. The van der Waals surface area contributed by atoms with E-state index in [-0.39, 0.29) is 5.41 Å². The minimum absolute atomic E-state index is 0.208. The molecule has 1 saturated carbocycles. The van der Waals surface area contributed by atoms with Gasteiger partial charge in [0, 0.05) is 6.61 Å². The average Bonchev–Trinajstić information content (AvgIpc) is 2.44. The molecule has 0 unspecified atom stereocenters. The molecule has 0 aromatic rings. The van der Waals surface area contributed by atoms with E-state index < -0.39 is 0 Å². The molecule has 1 heteroatoms. The third-order valence-corrected chi connectivity index (χ3v) is 2.09. The van der Waals surface area contributed by atoms with Gasteiger partial charge in [0.15, 0.2) is 0 Å². The van der Waals surface area contributed by atoms with E-state index in [1.54, 1.807) is 0 Å². The van der Waals surface area contributed by atoms with Gasteiger partial charge in [-0.05, 0) is 24.2 Å². The van der Waals surface area contributed by atoms with Crippen LogP contribution in [0.25, 0.3) is 0 Å². The maximum absolute atomic E-state index is 8.80. The fraction of sp³-hybridized carbons (Fsp3) is 1.00. The standard InChI is InChI=1S/C7H14O/c1-7(2,5-8)6-3-4-6/h6,8H,3-5H2,1-2H3. The summed E-state index contributed by atoms with van der Waals surface area (Å²) in [6.07, 6.45) is 2.65. The highest BCUT2D eigenvalue weighted by Crippen LogP contribution is 2.44. The van der Waals surface area contributed by atoms with E-state index in [0.717, 1.165) is 5.92 Å². The third-order valence-electron chi connectivity index (χ3n) is 2.09. The van der Waals surface area contributed by atoms with Gasteiger partial charge in [-0.2, -0.15) is 0 Å². The Morgan fingerprint density at radius 2 is 2.00 bits per heavy atom. The van der Waals surface area contributed by atoms with Gasteiger partial charge < -0.3 is 5.11 Å². The highest BCUT2D eigenvalue weighted by atomic mass is 16.3. The van der Waals surface area contributed by atoms with Gasteiger partial charge in [-0.15, -0.1) is 0 Å². The molecule has 48 valence electrons. The molecule has 1 fully saturated rings. The molecule has 1 nitrogen and oxygen atoms in total. The van der Waals surface area contributed by atoms with Gasteiger partial charge in [-0.25, -0.2) is 0 Å². The van der Waals surface area contributed by atoms with Gasteiger partial charge >= 0.3 is 0 Å². The molecule has 0 bridgehead atoms. The highest BCUT2D eigenvalue weighted by Gasteiger charge is 2.36. The van der Waals surface area contributed by atoms with Crippen LogP contribution in [0.1, 0.15) is 26.7 Å². The molecule has 1 rings (SSSR count). The van der Waals surface area contributed by atoms with Crippen molar-refractivity contribution in [1.29, 1.82) is 0 Å². The van der Waals surface area contributed by atoms with Gasteiger partial charge in [-0.3, -0.25) is 0 Å². The zero-order valence-corrected chi connectivity index (χ0v) is 5.65. The van der Waals surface area contributed by atoms with E-state index >= 15 is 0 Å². The largest absolute Gasteiger partial charge is 0.396 e. The van der Waals surface area contributed by atoms with Crippen LogP contribution in [-0.4, -0.2) is 11.7 Å². The normalized spacial score (nSPS) is 21.4. The average molecular weight is 114 g/mol. The minimum Gasteiger partial charge on any atom is -0.396 e. The van der Waals surface area contributed by atoms with Crippen molar-refractivity contribution in [2.24, 2.45) is 11.3 Å². The quantitative estimate of drug-likeness (QED) is 0.575. The van der Waals surface area contributed by atoms with Crippen molar-refractivity contribution in [2.45, 2.75) is 26.7 Å². The molecule has 0 radical (unpaired) electrons. The summed E-state index contributed by atoms with van der Waals surface area (Å²) in [5, 5.41) is 8.80. The van der Waals surface area contributed by atoms with Crippen LogP contribution in [-0.2, 0) is 0 Å². The zero-order valence-electron chi connectivity index (χ0n) is 5.65. The molecular formula is C7H14O. The molecule has 1 N–H and O–H groups in total. The fourth-order valence-electron chi connectivity index (χ4n) is 0.994. The van der Waals surface area contributed by atoms with E-state index in [2.05, 4.69) is 13.8 Å². The van der Waals surface area contributed by atoms with E-state index in [0.29, 0.717) is 6.61 Å². The van der Waals surface area contributed by atoms with Gasteiger partial charge in [-0.1, -0.05) is 13.8 Å². The van der Waals surface area contributed by atoms with Gasteiger partial charge in [0.05, 0.1) is 0 Å². The lowest BCUT2D eigenvalue weighted by molar-refractivity contribution is 0.138. The molecule has 8 heavy (non-hydrogen) atoms. The van der Waals surface area contributed by atoms with E-state index in [4.69, 9.17) is 5.11 Å². The summed E-state index contributed by atoms with van der Waals surface area (Å²) in [7, 11) is 0. The van der Waals surface area contributed by atoms with Crippen molar-refractivity contribution in [2.75, 3.05) is 6.61 Å². The molecule has 0 aliphatic heterocycles. The maximum Gasteiger partial charge on any atom is 0.0484 e. The lowest BCUT2D eigenvalue weighted by Gasteiger charge is -2.19. The second-order valence-corrected chi connectivity index (χ2v) is 3.42. The number of rotatable bonds is 2. The molecular weight excluding hydrogens is 100 g/mol. The zero-order chi connectivity index (χ0) is 6.20. The Bertz CT molecular complexity index is 82.4. The Balaban J connectivity index is 2.37. The van der Waals surface area contributed by atoms with E-state index in [9.17, 15) is 0 Å². The second kappa shape index (κ2) is 1.73. The van der Waals surface area contributed by atoms with Crippen LogP contribution in [0.5, 0.6) is 0 Å². The Morgan fingerprint density at radius 3 is 2.12 bits per heavy atom. The van der Waals surface area contributed by atoms with Crippen molar-refractivity contribution in [3.05, 3.63) is 0 Å². The van der Waals surface area contributed by atoms with Crippen LogP contribution in [0.4, 0.5) is 0 Å². The first-order chi connectivity index (χ1) is 3.67. The van der Waals surface area contributed by atoms with Gasteiger partial charge in [0.25, 0.3) is 0 Å². The highest BCUT2D eigenvalue weighted by molar-refractivity contribution is 4.87. The predicted octanol–water partition coefficient (Wildman–Crippen LogP) is 1.41. The summed E-state index contributed by atoms with van der Waals surface area (Å²) in [5.74, 6) is 0.812. The summed E-state index contributed by atoms with van der Waals surface area (Å²) >= 11 is 0. The molecule has 0 heterocycles. The van der Waals surface area contributed by atoms with Gasteiger partial charge in [0.1, 0.15) is 0 Å². The summed E-state index contributed by atoms with van der Waals surface area (Å²) in [5.41, 5.74) is 0.208. The van der Waals surface area contributed by atoms with Crippen molar-refractivity contribution in [3.63, 3.8) is 0 Å². The number of aliphatic hydroxyl groups excluding tert-OH is 1. The molecule has 0 saturated heterocycles. The second-order valence-electron chi connectivity index (χ2n) is 3.42. The molecule has 0 aromatic heterocycles. The summed E-state index contributed by atoms with van der Waals surface area (Å²) in [4.78, 5) is 0. The Kier molecular flexibility index (Phi) is 1.31. The van der Waals surface area contributed by atoms with Crippen LogP contribution in [0, 0.1) is 11.3 Å². The van der Waals surface area contributed by atoms with Crippen LogP contribution in [0.15, 0.2) is 0 Å². The Hall–Kier alpha value is -0.0400. The van der Waals surface area contributed by atoms with Crippen molar-refractivity contribution < 1.29 is 5.11 Å². The van der Waals surface area contributed by atoms with Crippen LogP contribution < -0.4 is 0 Å². The van der Waals surface area contributed by atoms with E-state index in [1.807, 2.05) is 0 Å². The van der Waals surface area contributed by atoms with Crippen molar-refractivity contribution in [1.82, 2.24) is 0 Å². The summed E-state index contributed by atoms with van der Waals surface area (Å²) < 4.78 is 0. The first kappa shape index (κ1) is 6.09. The molecule has 0 atom stereocenters. The first-order valence-corrected chi connectivity index (χ1v) is 3.27. The Morgan fingerprint density at radius 1 is 1.50 bits per heavy atom. The topological polar surface area (TPSA) is 20.2 Å². The number of aliphatic hydroxyl groups is 1. The molecule has 0 amide bonds. The number of hydrogen-bond acceptors (Lipinski definition) is 1. The first-order valence-electron chi connectivity index (χ1n) is 3.27. The van der Waals surface area contributed by atoms with Crippen molar-refractivity contribution in [3.8, 4) is 0 Å². The molecule has 0 spiro atoms. The maximum atomic E-state index is 8.80. The lowest BCUT2D eigenvalue weighted by atomic mass is 9.89. The van der Waals surface area contributed by atoms with Crippen LogP contribution in [0.2, 0.25) is 0 Å². The summed E-state index contributed by atoms with van der Waals surface area (Å²) in [6.45, 7) is 4.60. The number of hydrogen-bond donors (Lipinski definition) is 1. The molecule has 0 aromatic carbocycles. The van der Waals surface area contributed by atoms with Crippen LogP contribution >= 0.6 is 0 Å². The molecule has 1 aliphatic rings. The Labute approximate surface area is 50.7 Å². The van der Waals surface area contributed by atoms with Crippen LogP contribution in [0.3, 0.4) is 0 Å².